The van der Waals surface area contributed by atoms with E-state index in [9.17, 15) is 14.7 Å². The Morgan fingerprint density at radius 3 is 2.50 bits per heavy atom. The van der Waals surface area contributed by atoms with Crippen molar-refractivity contribution < 1.29 is 29.3 Å². The third kappa shape index (κ3) is 3.81. The molecule has 2 aliphatic rings. The first-order valence-electron chi connectivity index (χ1n) is 9.81. The summed E-state index contributed by atoms with van der Waals surface area (Å²) in [6.45, 7) is 3.99. The van der Waals surface area contributed by atoms with Gasteiger partial charge in [-0.1, -0.05) is 13.0 Å². The van der Waals surface area contributed by atoms with E-state index in [1.165, 1.54) is 4.90 Å². The summed E-state index contributed by atoms with van der Waals surface area (Å²) in [5, 5.41) is 19.5. The first kappa shape index (κ1) is 20.5. The molecule has 1 aromatic carbocycles. The largest absolute Gasteiger partial charge is 0.493 e. The highest BCUT2D eigenvalue weighted by Gasteiger charge is 2.49. The zero-order chi connectivity index (χ0) is 20.5. The topological polar surface area (TPSA) is 96.3 Å². The van der Waals surface area contributed by atoms with Crippen LogP contribution in [0, 0.1) is 5.41 Å². The van der Waals surface area contributed by atoms with Crippen LogP contribution in [0.25, 0.3) is 0 Å². The van der Waals surface area contributed by atoms with Gasteiger partial charge in [-0.15, -0.1) is 0 Å². The Kier molecular flexibility index (Phi) is 5.84. The average molecular weight is 391 g/mol. The number of likely N-dealkylation sites (tertiary alicyclic amines) is 1. The molecule has 1 unspecified atom stereocenters. The summed E-state index contributed by atoms with van der Waals surface area (Å²) >= 11 is 0. The molecule has 2 N–H and O–H groups in total. The molecule has 3 rings (SSSR count). The smallest absolute Gasteiger partial charge is 0.394 e. The van der Waals surface area contributed by atoms with Crippen LogP contribution in [0.1, 0.15) is 51.0 Å². The van der Waals surface area contributed by atoms with Crippen molar-refractivity contribution in [1.82, 2.24) is 4.90 Å². The molecule has 0 aromatic heterocycles. The fourth-order valence-corrected chi connectivity index (χ4v) is 4.40. The first-order valence-corrected chi connectivity index (χ1v) is 9.81. The number of nitrogens with zero attached hydrogens (tertiary/aromatic N) is 1. The van der Waals surface area contributed by atoms with E-state index in [0.29, 0.717) is 11.5 Å². The molecule has 1 saturated carbocycles. The Morgan fingerprint density at radius 1 is 1.25 bits per heavy atom. The Balaban J connectivity index is 1.92. The van der Waals surface area contributed by atoms with Crippen LogP contribution in [0.4, 0.5) is 0 Å². The molecule has 1 aromatic rings. The number of amides is 1. The number of hydrogen-bond acceptors (Lipinski definition) is 5. The van der Waals surface area contributed by atoms with Crippen molar-refractivity contribution in [3.63, 3.8) is 0 Å². The summed E-state index contributed by atoms with van der Waals surface area (Å²) in [5.41, 5.74) is 0.238. The highest BCUT2D eigenvalue weighted by Crippen LogP contribution is 2.47. The number of methoxy groups -OCH3 is 1. The standard InChI is InChI=1S/C21H29NO6/c1-13(23)21(2)12-22(19(24)20(25)26)11-16(21)14-8-9-17(27-3)18(10-14)28-15-6-4-5-7-15/h8-10,13,15-16,23H,4-7,11-12H2,1-3H3,(H,25,26)/t13?,16-,21-/m0/s1. The number of carboxylic acid groups (broad SMARTS) is 1. The van der Waals surface area contributed by atoms with Gasteiger partial charge in [-0.05, 0) is 50.3 Å². The zero-order valence-corrected chi connectivity index (χ0v) is 16.7. The molecule has 3 atom stereocenters. The molecule has 154 valence electrons. The van der Waals surface area contributed by atoms with Gasteiger partial charge in [-0.25, -0.2) is 4.79 Å². The highest BCUT2D eigenvalue weighted by molar-refractivity contribution is 6.31. The van der Waals surface area contributed by atoms with Gasteiger partial charge in [-0.2, -0.15) is 0 Å². The molecular weight excluding hydrogens is 362 g/mol. The number of ether oxygens (including phenoxy) is 2. The molecule has 7 nitrogen and oxygen atoms in total. The van der Waals surface area contributed by atoms with E-state index in [2.05, 4.69) is 0 Å². The molecule has 0 radical (unpaired) electrons. The lowest BCUT2D eigenvalue weighted by atomic mass is 9.72. The summed E-state index contributed by atoms with van der Waals surface area (Å²) in [6, 6.07) is 5.65. The van der Waals surface area contributed by atoms with Crippen molar-refractivity contribution in [2.24, 2.45) is 5.41 Å². The molecule has 2 fully saturated rings. The van der Waals surface area contributed by atoms with Crippen molar-refractivity contribution in [2.45, 2.75) is 57.7 Å². The maximum Gasteiger partial charge on any atom is 0.394 e. The number of aliphatic hydroxyl groups is 1. The fourth-order valence-electron chi connectivity index (χ4n) is 4.40. The van der Waals surface area contributed by atoms with E-state index in [0.717, 1.165) is 31.2 Å². The van der Waals surface area contributed by atoms with E-state index >= 15 is 0 Å². The van der Waals surface area contributed by atoms with Crippen molar-refractivity contribution in [2.75, 3.05) is 20.2 Å². The molecule has 1 aliphatic heterocycles. The molecule has 1 saturated heterocycles. The second-order valence-electron chi connectivity index (χ2n) is 8.16. The van der Waals surface area contributed by atoms with E-state index in [1.807, 2.05) is 25.1 Å². The molecule has 1 amide bonds. The Bertz CT molecular complexity index is 742. The van der Waals surface area contributed by atoms with E-state index in [1.54, 1.807) is 14.0 Å². The third-order valence-corrected chi connectivity index (χ3v) is 6.34. The molecule has 0 spiro atoms. The molecule has 1 aliphatic carbocycles. The molecule has 7 heteroatoms. The number of aliphatic hydroxyl groups excluding tert-OH is 1. The minimum atomic E-state index is -1.48. The lowest BCUT2D eigenvalue weighted by Crippen LogP contribution is -2.39. The van der Waals surface area contributed by atoms with Gasteiger partial charge >= 0.3 is 11.9 Å². The quantitative estimate of drug-likeness (QED) is 0.749. The Morgan fingerprint density at radius 2 is 1.93 bits per heavy atom. The van der Waals surface area contributed by atoms with Crippen LogP contribution in [0.5, 0.6) is 11.5 Å². The summed E-state index contributed by atoms with van der Waals surface area (Å²) in [5.74, 6) is -1.33. The van der Waals surface area contributed by atoms with Crippen LogP contribution >= 0.6 is 0 Å². The van der Waals surface area contributed by atoms with Crippen molar-refractivity contribution in [1.29, 1.82) is 0 Å². The number of benzene rings is 1. The van der Waals surface area contributed by atoms with E-state index in [4.69, 9.17) is 14.6 Å². The summed E-state index contributed by atoms with van der Waals surface area (Å²) < 4.78 is 11.6. The van der Waals surface area contributed by atoms with Gasteiger partial charge in [0, 0.05) is 24.4 Å². The lowest BCUT2D eigenvalue weighted by Gasteiger charge is -2.34. The predicted molar refractivity (Wildman–Crippen MR) is 103 cm³/mol. The van der Waals surface area contributed by atoms with Crippen molar-refractivity contribution in [3.05, 3.63) is 23.8 Å². The molecule has 28 heavy (non-hydrogen) atoms. The van der Waals surface area contributed by atoms with Gasteiger partial charge in [0.25, 0.3) is 0 Å². The van der Waals surface area contributed by atoms with Crippen LogP contribution < -0.4 is 9.47 Å². The molecule has 1 heterocycles. The van der Waals surface area contributed by atoms with Crippen molar-refractivity contribution >= 4 is 11.9 Å². The number of carbonyl (C=O) groups is 2. The van der Waals surface area contributed by atoms with Gasteiger partial charge in [0.15, 0.2) is 11.5 Å². The van der Waals surface area contributed by atoms with Gasteiger partial charge in [0.05, 0.1) is 19.3 Å². The second-order valence-corrected chi connectivity index (χ2v) is 8.16. The summed E-state index contributed by atoms with van der Waals surface area (Å²) in [6.07, 6.45) is 3.79. The maximum absolute atomic E-state index is 12.0. The van der Waals surface area contributed by atoms with Gasteiger partial charge in [0.1, 0.15) is 0 Å². The van der Waals surface area contributed by atoms with Crippen LogP contribution in [0.2, 0.25) is 0 Å². The van der Waals surface area contributed by atoms with Crippen LogP contribution in [0.3, 0.4) is 0 Å². The third-order valence-electron chi connectivity index (χ3n) is 6.34. The highest BCUT2D eigenvalue weighted by atomic mass is 16.5. The van der Waals surface area contributed by atoms with Crippen molar-refractivity contribution in [3.8, 4) is 11.5 Å². The maximum atomic E-state index is 12.0. The summed E-state index contributed by atoms with van der Waals surface area (Å²) in [4.78, 5) is 24.5. The second kappa shape index (κ2) is 7.99. The Hall–Kier alpha value is -2.28. The van der Waals surface area contributed by atoms with E-state index in [-0.39, 0.29) is 25.1 Å². The number of aliphatic carboxylic acids is 1. The van der Waals surface area contributed by atoms with Gasteiger partial charge in [0.2, 0.25) is 0 Å². The average Bonchev–Trinajstić information content (AvgIpc) is 3.29. The molecular formula is C21H29NO6. The van der Waals surface area contributed by atoms with Gasteiger partial charge < -0.3 is 24.6 Å². The predicted octanol–water partition coefficient (Wildman–Crippen LogP) is 2.41. The van der Waals surface area contributed by atoms with E-state index < -0.39 is 23.4 Å². The number of hydrogen-bond donors (Lipinski definition) is 2. The number of carboxylic acids is 1. The minimum Gasteiger partial charge on any atom is -0.493 e. The van der Waals surface area contributed by atoms with Crippen LogP contribution in [-0.2, 0) is 9.59 Å². The first-order chi connectivity index (χ1) is 13.3. The van der Waals surface area contributed by atoms with Gasteiger partial charge in [-0.3, -0.25) is 4.79 Å². The minimum absolute atomic E-state index is 0.168. The zero-order valence-electron chi connectivity index (χ0n) is 16.7. The SMILES string of the molecule is COc1ccc([C@@H]2CN(C(=O)C(=O)O)C[C@@]2(C)C(C)O)cc1OC1CCCC1. The lowest BCUT2D eigenvalue weighted by molar-refractivity contribution is -0.155. The number of carbonyl (C=O) groups excluding carboxylic acids is 1. The summed E-state index contributed by atoms with van der Waals surface area (Å²) in [7, 11) is 1.60. The van der Waals surface area contributed by atoms with Crippen LogP contribution in [-0.4, -0.2) is 59.4 Å². The Labute approximate surface area is 165 Å². The van der Waals surface area contributed by atoms with Crippen LogP contribution in [0.15, 0.2) is 18.2 Å². The molecule has 0 bridgehead atoms. The fraction of sp³-hybridized carbons (Fsp3) is 0.619. The number of rotatable bonds is 5. The monoisotopic (exact) mass is 391 g/mol. The normalized spacial score (nSPS) is 26.3.